The van der Waals surface area contributed by atoms with E-state index in [9.17, 15) is 0 Å². The molecule has 2 saturated heterocycles. The van der Waals surface area contributed by atoms with E-state index in [1.54, 1.807) is 0 Å². The maximum Gasteiger partial charge on any atom is 0.124 e. The van der Waals surface area contributed by atoms with Gasteiger partial charge in [-0.2, -0.15) is 0 Å². The van der Waals surface area contributed by atoms with Crippen molar-refractivity contribution in [3.8, 4) is 22.3 Å². The van der Waals surface area contributed by atoms with E-state index in [-0.39, 0.29) is 0 Å². The lowest BCUT2D eigenvalue weighted by Gasteiger charge is -2.06. The van der Waals surface area contributed by atoms with E-state index in [1.807, 2.05) is 0 Å². The van der Waals surface area contributed by atoms with E-state index in [2.05, 4.69) is 81.3 Å². The van der Waals surface area contributed by atoms with E-state index in [1.165, 1.54) is 35.1 Å². The molecule has 2 aromatic heterocycles. The topological polar surface area (TPSA) is 81.4 Å². The molecule has 4 heterocycles. The van der Waals surface area contributed by atoms with Gasteiger partial charge in [0, 0.05) is 0 Å². The summed E-state index contributed by atoms with van der Waals surface area (Å²) < 4.78 is 0. The van der Waals surface area contributed by atoms with E-state index >= 15 is 0 Å². The Kier molecular flexibility index (Phi) is 4.74. The van der Waals surface area contributed by atoms with E-state index in [0.717, 1.165) is 59.6 Å². The van der Waals surface area contributed by atoms with Crippen molar-refractivity contribution in [1.29, 1.82) is 0 Å². The maximum absolute atomic E-state index is 4.80. The van der Waals surface area contributed by atoms with Crippen LogP contribution in [0.15, 0.2) is 60.7 Å². The van der Waals surface area contributed by atoms with Gasteiger partial charge in [0.2, 0.25) is 0 Å². The first-order chi connectivity index (χ1) is 16.8. The zero-order chi connectivity index (χ0) is 22.5. The zero-order valence-electron chi connectivity index (χ0n) is 19.1. The number of aromatic amines is 2. The third-order valence-electron chi connectivity index (χ3n) is 7.33. The molecule has 0 bridgehead atoms. The lowest BCUT2D eigenvalue weighted by molar-refractivity contribution is 0.614. The Hall–Kier alpha value is -3.48. The molecular weight excluding hydrogens is 420 g/mol. The molecule has 2 unspecified atom stereocenters. The summed E-state index contributed by atoms with van der Waals surface area (Å²) >= 11 is 0. The fourth-order valence-corrected chi connectivity index (χ4v) is 5.44. The van der Waals surface area contributed by atoms with Gasteiger partial charge in [-0.1, -0.05) is 36.4 Å². The molecule has 5 aromatic rings. The van der Waals surface area contributed by atoms with Gasteiger partial charge >= 0.3 is 0 Å². The Morgan fingerprint density at radius 1 is 0.559 bits per heavy atom. The molecule has 6 nitrogen and oxygen atoms in total. The molecule has 34 heavy (non-hydrogen) atoms. The lowest BCUT2D eigenvalue weighted by atomic mass is 10.00. The molecule has 7 rings (SSSR count). The smallest absolute Gasteiger partial charge is 0.124 e. The van der Waals surface area contributed by atoms with Crippen molar-refractivity contribution in [3.63, 3.8) is 0 Å². The fraction of sp³-hybridized carbons (Fsp3) is 0.286. The Bertz CT molecular complexity index is 1350. The number of hydrogen-bond acceptors (Lipinski definition) is 4. The number of benzene rings is 3. The molecule has 0 saturated carbocycles. The summed E-state index contributed by atoms with van der Waals surface area (Å²) in [6.07, 6.45) is 4.73. The third kappa shape index (κ3) is 3.50. The van der Waals surface area contributed by atoms with Crippen molar-refractivity contribution in [2.75, 3.05) is 13.1 Å². The number of nitrogens with zero attached hydrogens (tertiary/aromatic N) is 2. The van der Waals surface area contributed by atoms with Crippen molar-refractivity contribution in [2.24, 2.45) is 0 Å². The molecule has 2 atom stereocenters. The predicted molar refractivity (Wildman–Crippen MR) is 137 cm³/mol. The lowest BCUT2D eigenvalue weighted by Crippen LogP contribution is -2.13. The highest BCUT2D eigenvalue weighted by atomic mass is 15.0. The van der Waals surface area contributed by atoms with Crippen LogP contribution in [0, 0.1) is 0 Å². The van der Waals surface area contributed by atoms with Gasteiger partial charge in [-0.15, -0.1) is 0 Å². The summed E-state index contributed by atoms with van der Waals surface area (Å²) in [4.78, 5) is 16.7. The largest absolute Gasteiger partial charge is 0.341 e. The molecule has 170 valence electrons. The van der Waals surface area contributed by atoms with E-state index in [0.29, 0.717) is 12.1 Å². The normalized spacial score (nSPS) is 20.6. The molecule has 2 fully saturated rings. The first kappa shape index (κ1) is 19.9. The van der Waals surface area contributed by atoms with E-state index in [4.69, 9.17) is 9.97 Å². The number of rotatable bonds is 4. The molecule has 3 aromatic carbocycles. The first-order valence-corrected chi connectivity index (χ1v) is 12.4. The highest BCUT2D eigenvalue weighted by molar-refractivity contribution is 5.84. The monoisotopic (exact) mass is 448 g/mol. The molecular formula is C28H28N6. The highest BCUT2D eigenvalue weighted by Crippen LogP contribution is 2.30. The molecule has 0 amide bonds. The van der Waals surface area contributed by atoms with Gasteiger partial charge in [0.1, 0.15) is 11.6 Å². The zero-order valence-corrected chi connectivity index (χ0v) is 19.1. The second-order valence-corrected chi connectivity index (χ2v) is 9.58. The van der Waals surface area contributed by atoms with Crippen LogP contribution < -0.4 is 10.6 Å². The standard InChI is InChI=1S/C28H28N6/c1-3-23(29-13-1)27-31-21-11-9-19(15-25(21)33-27)17-5-7-18(8-6-17)20-10-12-22-26(16-20)34-28(32-22)24-4-2-14-30-24/h5-12,15-16,23-24,29-30H,1-4,13-14H2,(H,31,33)(H,32,34). The summed E-state index contributed by atoms with van der Waals surface area (Å²) in [5.74, 6) is 2.11. The Morgan fingerprint density at radius 3 is 1.41 bits per heavy atom. The molecule has 0 aliphatic carbocycles. The van der Waals surface area contributed by atoms with Crippen molar-refractivity contribution < 1.29 is 0 Å². The summed E-state index contributed by atoms with van der Waals surface area (Å²) in [5.41, 5.74) is 9.08. The minimum Gasteiger partial charge on any atom is -0.341 e. The molecule has 4 N–H and O–H groups in total. The molecule has 2 aliphatic heterocycles. The predicted octanol–water partition coefficient (Wildman–Crippen LogP) is 5.62. The van der Waals surface area contributed by atoms with Crippen molar-refractivity contribution in [2.45, 2.75) is 37.8 Å². The molecule has 2 aliphatic rings. The van der Waals surface area contributed by atoms with Crippen LogP contribution in [-0.2, 0) is 0 Å². The van der Waals surface area contributed by atoms with Crippen molar-refractivity contribution in [3.05, 3.63) is 72.3 Å². The Labute approximate surface area is 198 Å². The third-order valence-corrected chi connectivity index (χ3v) is 7.33. The van der Waals surface area contributed by atoms with Crippen LogP contribution in [0.1, 0.15) is 49.4 Å². The number of hydrogen-bond donors (Lipinski definition) is 4. The molecule has 0 radical (unpaired) electrons. The quantitative estimate of drug-likeness (QED) is 0.288. The average Bonchev–Trinajstić information content (AvgIpc) is 3.69. The summed E-state index contributed by atoms with van der Waals surface area (Å²) in [7, 11) is 0. The van der Waals surface area contributed by atoms with Gasteiger partial charge in [-0.3, -0.25) is 0 Å². The average molecular weight is 449 g/mol. The van der Waals surface area contributed by atoms with E-state index < -0.39 is 0 Å². The summed E-state index contributed by atoms with van der Waals surface area (Å²) in [6, 6.07) is 22.5. The Balaban J connectivity index is 1.16. The van der Waals surface area contributed by atoms with Crippen LogP contribution in [0.3, 0.4) is 0 Å². The van der Waals surface area contributed by atoms with Crippen molar-refractivity contribution in [1.82, 2.24) is 30.6 Å². The van der Waals surface area contributed by atoms with Crippen LogP contribution in [0.5, 0.6) is 0 Å². The van der Waals surface area contributed by atoms with Gasteiger partial charge in [-0.05, 0) is 85.3 Å². The summed E-state index contributed by atoms with van der Waals surface area (Å²) in [6.45, 7) is 2.15. The van der Waals surface area contributed by atoms with Crippen LogP contribution in [0.25, 0.3) is 44.3 Å². The molecule has 0 spiro atoms. The van der Waals surface area contributed by atoms with Gasteiger partial charge in [0.05, 0.1) is 34.2 Å². The molecule has 6 heteroatoms. The number of H-pyrrole nitrogens is 2. The van der Waals surface area contributed by atoms with Gasteiger partial charge in [0.15, 0.2) is 0 Å². The maximum atomic E-state index is 4.80. The number of aromatic nitrogens is 4. The van der Waals surface area contributed by atoms with Crippen LogP contribution in [0.2, 0.25) is 0 Å². The summed E-state index contributed by atoms with van der Waals surface area (Å²) in [5, 5.41) is 7.05. The highest BCUT2D eigenvalue weighted by Gasteiger charge is 2.20. The first-order valence-electron chi connectivity index (χ1n) is 12.4. The number of nitrogens with one attached hydrogen (secondary N) is 4. The van der Waals surface area contributed by atoms with Gasteiger partial charge in [-0.25, -0.2) is 9.97 Å². The minimum atomic E-state index is 0.354. The van der Waals surface area contributed by atoms with Crippen LogP contribution in [-0.4, -0.2) is 33.0 Å². The van der Waals surface area contributed by atoms with Crippen molar-refractivity contribution >= 4 is 22.1 Å². The van der Waals surface area contributed by atoms with Crippen LogP contribution in [0.4, 0.5) is 0 Å². The minimum absolute atomic E-state index is 0.354. The SMILES string of the molecule is c1cc(-c2ccc3nc(C4CCCN4)[nH]c3c2)ccc1-c1ccc2nc(C3CCCN3)[nH]c2c1. The van der Waals surface area contributed by atoms with Gasteiger partial charge < -0.3 is 20.6 Å². The second kappa shape index (κ2) is 8.08. The second-order valence-electron chi connectivity index (χ2n) is 9.58. The fourth-order valence-electron chi connectivity index (χ4n) is 5.44. The van der Waals surface area contributed by atoms with Gasteiger partial charge in [0.25, 0.3) is 0 Å². The number of fused-ring (bicyclic) bond motifs is 2. The Morgan fingerprint density at radius 2 is 1.00 bits per heavy atom. The van der Waals surface area contributed by atoms with Crippen LogP contribution >= 0.6 is 0 Å². The number of imidazole rings is 2.